The molecule has 0 saturated heterocycles. The van der Waals surface area contributed by atoms with Crippen LogP contribution in [0.3, 0.4) is 0 Å². The highest BCUT2D eigenvalue weighted by Crippen LogP contribution is 2.32. The first-order chi connectivity index (χ1) is 17.6. The van der Waals surface area contributed by atoms with Crippen LogP contribution in [-0.4, -0.2) is 36.6 Å². The molecule has 1 saturated carbocycles. The lowest BCUT2D eigenvalue weighted by Gasteiger charge is -2.32. The molecule has 3 atom stereocenters. The molecule has 0 amide bonds. The molecule has 0 bridgehead atoms. The van der Waals surface area contributed by atoms with E-state index in [9.17, 15) is 32.6 Å². The van der Waals surface area contributed by atoms with Crippen LogP contribution >= 0.6 is 0 Å². The van der Waals surface area contributed by atoms with Crippen molar-refractivity contribution >= 4 is 32.7 Å². The zero-order valence-electron chi connectivity index (χ0n) is 19.4. The largest absolute Gasteiger partial charge is 0.489 e. The maximum Gasteiger partial charge on any atom is 0.308 e. The molecule has 0 radical (unpaired) electrons. The third kappa shape index (κ3) is 5.87. The Hall–Kier alpha value is -4.01. The van der Waals surface area contributed by atoms with E-state index in [-0.39, 0.29) is 41.9 Å². The Kier molecular flexibility index (Phi) is 7.42. The molecule has 192 valence electrons. The fourth-order valence-electron chi connectivity index (χ4n) is 4.43. The van der Waals surface area contributed by atoms with Crippen LogP contribution in [0.5, 0.6) is 5.75 Å². The van der Waals surface area contributed by atoms with Crippen molar-refractivity contribution in [3.63, 3.8) is 0 Å². The smallest absolute Gasteiger partial charge is 0.308 e. The van der Waals surface area contributed by atoms with Crippen LogP contribution in [0.15, 0.2) is 59.5 Å². The van der Waals surface area contributed by atoms with Crippen molar-refractivity contribution in [3.8, 4) is 11.8 Å². The number of carboxylic acids is 2. The second-order valence-corrected chi connectivity index (χ2v) is 10.6. The summed E-state index contributed by atoms with van der Waals surface area (Å²) < 4.78 is 48.3. The molecule has 11 heteroatoms. The number of carbonyl (C=O) groups is 2. The van der Waals surface area contributed by atoms with Gasteiger partial charge in [0.1, 0.15) is 18.2 Å². The van der Waals surface area contributed by atoms with E-state index in [1.165, 1.54) is 24.3 Å². The van der Waals surface area contributed by atoms with E-state index in [4.69, 9.17) is 10.00 Å². The number of hydrogen-bond acceptors (Lipinski definition) is 6. The van der Waals surface area contributed by atoms with E-state index in [0.29, 0.717) is 16.5 Å². The van der Waals surface area contributed by atoms with Crippen molar-refractivity contribution in [1.29, 1.82) is 5.26 Å². The van der Waals surface area contributed by atoms with Gasteiger partial charge in [-0.1, -0.05) is 18.2 Å². The maximum atomic E-state index is 14.1. The van der Waals surface area contributed by atoms with Crippen molar-refractivity contribution in [3.05, 3.63) is 71.5 Å². The van der Waals surface area contributed by atoms with Gasteiger partial charge in [-0.25, -0.2) is 17.5 Å². The predicted octanol–water partition coefficient (Wildman–Crippen LogP) is 3.66. The summed E-state index contributed by atoms with van der Waals surface area (Å²) in [5, 5.41) is 28.8. The molecule has 0 unspecified atom stereocenters. The standard InChI is InChI=1S/C26H23FN2O7S/c27-23-9-15(13-28)1-2-19(23)14-36-20-6-3-17-11-21(7-4-16(17)10-20)37(34,35)29-24-8-5-18(25(30)31)12-22(24)26(32)33/h1-4,6-7,9-11,18,22,24,29H,5,8,12,14H2,(H,30,31)(H,32,33)/t18-,22-,24+/m1/s1. The Bertz CT molecular complexity index is 1520. The van der Waals surface area contributed by atoms with E-state index >= 15 is 0 Å². The van der Waals surface area contributed by atoms with E-state index in [2.05, 4.69) is 4.72 Å². The molecule has 0 aliphatic heterocycles. The van der Waals surface area contributed by atoms with Crippen molar-refractivity contribution in [2.24, 2.45) is 11.8 Å². The van der Waals surface area contributed by atoms with Crippen LogP contribution in [-0.2, 0) is 26.2 Å². The lowest BCUT2D eigenvalue weighted by molar-refractivity contribution is -0.148. The number of carboxylic acid groups (broad SMARTS) is 2. The summed E-state index contributed by atoms with van der Waals surface area (Å²) in [6.07, 6.45) is 0.130. The number of fused-ring (bicyclic) bond motifs is 1. The first-order valence-corrected chi connectivity index (χ1v) is 12.9. The second kappa shape index (κ2) is 10.5. The zero-order valence-corrected chi connectivity index (χ0v) is 20.2. The van der Waals surface area contributed by atoms with Gasteiger partial charge >= 0.3 is 11.9 Å². The first-order valence-electron chi connectivity index (χ1n) is 11.4. The summed E-state index contributed by atoms with van der Waals surface area (Å²) in [6.45, 7) is -0.0612. The van der Waals surface area contributed by atoms with Crippen LogP contribution in [0.25, 0.3) is 10.8 Å². The van der Waals surface area contributed by atoms with Crippen molar-refractivity contribution in [2.75, 3.05) is 0 Å². The van der Waals surface area contributed by atoms with E-state index < -0.39 is 45.7 Å². The predicted molar refractivity (Wildman–Crippen MR) is 130 cm³/mol. The molecule has 1 aliphatic rings. The molecule has 37 heavy (non-hydrogen) atoms. The number of nitrogens with zero attached hydrogens (tertiary/aromatic N) is 1. The lowest BCUT2D eigenvalue weighted by atomic mass is 9.78. The maximum absolute atomic E-state index is 14.1. The van der Waals surface area contributed by atoms with Gasteiger partial charge in [0.25, 0.3) is 0 Å². The first kappa shape index (κ1) is 26.1. The molecule has 1 aliphatic carbocycles. The fourth-order valence-corrected chi connectivity index (χ4v) is 5.78. The molecule has 3 N–H and O–H groups in total. The summed E-state index contributed by atoms with van der Waals surface area (Å²) in [5.74, 6) is -4.43. The van der Waals surface area contributed by atoms with E-state index in [1.54, 1.807) is 24.3 Å². The number of sulfonamides is 1. The van der Waals surface area contributed by atoms with Gasteiger partial charge in [0.05, 0.1) is 28.4 Å². The highest BCUT2D eigenvalue weighted by atomic mass is 32.2. The van der Waals surface area contributed by atoms with Crippen LogP contribution < -0.4 is 9.46 Å². The number of hydrogen-bond donors (Lipinski definition) is 3. The van der Waals surface area contributed by atoms with Gasteiger partial charge in [0.15, 0.2) is 0 Å². The Balaban J connectivity index is 1.48. The van der Waals surface area contributed by atoms with Crippen LogP contribution in [0.4, 0.5) is 4.39 Å². The Labute approximate surface area is 212 Å². The number of halogens is 1. The van der Waals surface area contributed by atoms with Crippen molar-refractivity contribution in [1.82, 2.24) is 4.72 Å². The average molecular weight is 527 g/mol. The fraction of sp³-hybridized carbons (Fsp3) is 0.269. The molecule has 3 aromatic carbocycles. The molecule has 4 rings (SSSR count). The highest BCUT2D eigenvalue weighted by Gasteiger charge is 2.40. The number of nitriles is 1. The van der Waals surface area contributed by atoms with Crippen LogP contribution in [0, 0.1) is 29.0 Å². The lowest BCUT2D eigenvalue weighted by Crippen LogP contribution is -2.47. The molecule has 0 spiro atoms. The summed E-state index contributed by atoms with van der Waals surface area (Å²) >= 11 is 0. The highest BCUT2D eigenvalue weighted by molar-refractivity contribution is 7.89. The van der Waals surface area contributed by atoms with Gasteiger partial charge in [0.2, 0.25) is 10.0 Å². The van der Waals surface area contributed by atoms with Gasteiger partial charge in [-0.05, 0) is 66.4 Å². The number of nitrogens with one attached hydrogen (secondary N) is 1. The van der Waals surface area contributed by atoms with Gasteiger partial charge < -0.3 is 14.9 Å². The van der Waals surface area contributed by atoms with Crippen LogP contribution in [0.1, 0.15) is 30.4 Å². The number of rotatable bonds is 8. The minimum absolute atomic E-state index is 0.0576. The zero-order chi connectivity index (χ0) is 26.7. The Morgan fingerprint density at radius 3 is 2.43 bits per heavy atom. The Morgan fingerprint density at radius 2 is 1.76 bits per heavy atom. The minimum atomic E-state index is -4.08. The molecule has 9 nitrogen and oxygen atoms in total. The minimum Gasteiger partial charge on any atom is -0.489 e. The van der Waals surface area contributed by atoms with Crippen molar-refractivity contribution < 1.29 is 37.3 Å². The third-order valence-corrected chi connectivity index (χ3v) is 7.98. The van der Waals surface area contributed by atoms with E-state index in [1.807, 2.05) is 6.07 Å². The molecular formula is C26H23FN2O7S. The number of ether oxygens (including phenoxy) is 1. The Morgan fingerprint density at radius 1 is 1.03 bits per heavy atom. The summed E-state index contributed by atoms with van der Waals surface area (Å²) in [4.78, 5) is 22.9. The number of benzene rings is 3. The topological polar surface area (TPSA) is 154 Å². The van der Waals surface area contributed by atoms with Gasteiger partial charge in [-0.3, -0.25) is 9.59 Å². The normalized spacial score (nSPS) is 19.7. The summed E-state index contributed by atoms with van der Waals surface area (Å²) in [7, 11) is -4.08. The molecule has 1 fully saturated rings. The third-order valence-electron chi connectivity index (χ3n) is 6.49. The molecule has 3 aromatic rings. The summed E-state index contributed by atoms with van der Waals surface area (Å²) in [6, 6.07) is 14.4. The molecular weight excluding hydrogens is 503 g/mol. The average Bonchev–Trinajstić information content (AvgIpc) is 2.87. The summed E-state index contributed by atoms with van der Waals surface area (Å²) in [5.41, 5.74) is 0.488. The van der Waals surface area contributed by atoms with Crippen LogP contribution in [0.2, 0.25) is 0 Å². The molecule has 0 aromatic heterocycles. The quantitative estimate of drug-likeness (QED) is 0.402. The van der Waals surface area contributed by atoms with Gasteiger partial charge in [-0.2, -0.15) is 5.26 Å². The number of aliphatic carboxylic acids is 2. The monoisotopic (exact) mass is 526 g/mol. The van der Waals surface area contributed by atoms with Gasteiger partial charge in [-0.15, -0.1) is 0 Å². The molecule has 0 heterocycles. The SMILES string of the molecule is N#Cc1ccc(COc2ccc3cc(S(=O)(=O)N[C@H]4CC[C@@H](C(=O)O)C[C@H]4C(=O)O)ccc3c2)c(F)c1. The van der Waals surface area contributed by atoms with E-state index in [0.717, 1.165) is 6.07 Å². The van der Waals surface area contributed by atoms with Gasteiger partial charge in [0, 0.05) is 11.6 Å². The van der Waals surface area contributed by atoms with Crippen molar-refractivity contribution in [2.45, 2.75) is 36.8 Å². The second-order valence-electron chi connectivity index (χ2n) is 8.90.